The average Bonchev–Trinajstić information content (AvgIpc) is 3.45. The fraction of sp³-hybridized carbons (Fsp3) is 0.267. The number of ether oxygens (including phenoxy) is 1. The normalized spacial score (nSPS) is 10.7. The van der Waals surface area contributed by atoms with Crippen molar-refractivity contribution in [2.24, 2.45) is 0 Å². The Kier molecular flexibility index (Phi) is 9.80. The maximum atomic E-state index is 13.3. The molecule has 0 bridgehead atoms. The fourth-order valence-corrected chi connectivity index (χ4v) is 3.98. The minimum Gasteiger partial charge on any atom is -0.489 e. The lowest BCUT2D eigenvalue weighted by Crippen LogP contribution is -2.30. The Balaban J connectivity index is 1.43. The maximum Gasteiger partial charge on any atom is 0.257 e. The maximum absolute atomic E-state index is 13.3. The summed E-state index contributed by atoms with van der Waals surface area (Å²) >= 11 is 0. The van der Waals surface area contributed by atoms with Gasteiger partial charge in [0, 0.05) is 24.1 Å². The van der Waals surface area contributed by atoms with Crippen LogP contribution in [0.5, 0.6) is 5.75 Å². The number of amides is 2. The number of nitrogens with zero attached hydrogens (tertiary/aromatic N) is 3. The summed E-state index contributed by atoms with van der Waals surface area (Å²) < 4.78 is 11.4. The van der Waals surface area contributed by atoms with Crippen molar-refractivity contribution in [3.05, 3.63) is 95.8 Å². The van der Waals surface area contributed by atoms with Crippen LogP contribution in [0.4, 0.5) is 5.69 Å². The largest absolute Gasteiger partial charge is 0.489 e. The Hall–Kier alpha value is -4.50. The van der Waals surface area contributed by atoms with Crippen LogP contribution in [0.15, 0.2) is 83.4 Å². The number of anilines is 1. The highest BCUT2D eigenvalue weighted by Gasteiger charge is 2.20. The van der Waals surface area contributed by atoms with Crippen LogP contribution in [0.3, 0.4) is 0 Å². The van der Waals surface area contributed by atoms with Crippen molar-refractivity contribution in [3.8, 4) is 17.2 Å². The van der Waals surface area contributed by atoms with E-state index in [1.54, 1.807) is 10.4 Å². The summed E-state index contributed by atoms with van der Waals surface area (Å²) in [6.45, 7) is 2.64. The number of carbonyl (C=O) groups excluding carboxylic acids is 2. The van der Waals surface area contributed by atoms with Gasteiger partial charge in [0.05, 0.1) is 6.54 Å². The van der Waals surface area contributed by atoms with Crippen molar-refractivity contribution >= 4 is 17.5 Å². The molecule has 4 rings (SSSR count). The zero-order chi connectivity index (χ0) is 27.5. The van der Waals surface area contributed by atoms with E-state index in [4.69, 9.17) is 14.5 Å². The van der Waals surface area contributed by atoms with Crippen LogP contribution in [-0.2, 0) is 22.7 Å². The van der Waals surface area contributed by atoms with Crippen LogP contribution >= 0.6 is 0 Å². The molecule has 3 aromatic carbocycles. The van der Waals surface area contributed by atoms with Crippen molar-refractivity contribution in [3.63, 3.8) is 0 Å². The van der Waals surface area contributed by atoms with Crippen LogP contribution in [0.2, 0.25) is 0 Å². The van der Waals surface area contributed by atoms with Gasteiger partial charge in [-0.1, -0.05) is 59.6 Å². The van der Waals surface area contributed by atoms with Gasteiger partial charge in [-0.2, -0.15) is 4.98 Å². The number of rotatable bonds is 13. The molecule has 0 aliphatic rings. The molecular formula is C30H32N4O5. The summed E-state index contributed by atoms with van der Waals surface area (Å²) in [6.07, 6.45) is 2.36. The van der Waals surface area contributed by atoms with Crippen molar-refractivity contribution in [1.82, 2.24) is 15.6 Å². The Morgan fingerprint density at radius 3 is 2.36 bits per heavy atom. The summed E-state index contributed by atoms with van der Waals surface area (Å²) in [7, 11) is 0. The van der Waals surface area contributed by atoms with Gasteiger partial charge in [-0.25, -0.2) is 5.48 Å². The summed E-state index contributed by atoms with van der Waals surface area (Å²) in [5.74, 6) is 0.946. The van der Waals surface area contributed by atoms with Gasteiger partial charge in [-0.3, -0.25) is 14.8 Å². The van der Waals surface area contributed by atoms with E-state index in [1.807, 2.05) is 85.8 Å². The van der Waals surface area contributed by atoms with E-state index in [0.29, 0.717) is 49.0 Å². The second-order valence-corrected chi connectivity index (χ2v) is 9.23. The molecule has 0 spiro atoms. The quantitative estimate of drug-likeness (QED) is 0.131. The Morgan fingerprint density at radius 2 is 1.64 bits per heavy atom. The number of hydrogen-bond acceptors (Lipinski definition) is 7. The molecule has 0 unspecified atom stereocenters. The van der Waals surface area contributed by atoms with E-state index < -0.39 is 5.91 Å². The van der Waals surface area contributed by atoms with Crippen LogP contribution in [0, 0.1) is 6.92 Å². The number of aryl methyl sites for hydroxylation is 1. The van der Waals surface area contributed by atoms with E-state index in [0.717, 1.165) is 11.1 Å². The number of hydrogen-bond donors (Lipinski definition) is 2. The number of unbranched alkanes of at least 4 members (excludes halogenated alkanes) is 2. The molecule has 0 saturated heterocycles. The SMILES string of the molecule is Cc1ccc(COc2ccc(N(Cc3noc(-c4ccccc4)n3)C(=O)CCCCCC(=O)NO)cc2)cc1. The minimum absolute atomic E-state index is 0.0963. The van der Waals surface area contributed by atoms with E-state index >= 15 is 0 Å². The van der Waals surface area contributed by atoms with E-state index in [2.05, 4.69) is 10.1 Å². The molecule has 0 fully saturated rings. The lowest BCUT2D eigenvalue weighted by molar-refractivity contribution is -0.129. The van der Waals surface area contributed by atoms with Crippen molar-refractivity contribution in [2.45, 2.75) is 52.2 Å². The highest BCUT2D eigenvalue weighted by Crippen LogP contribution is 2.24. The second-order valence-electron chi connectivity index (χ2n) is 9.23. The van der Waals surface area contributed by atoms with E-state index in [-0.39, 0.29) is 25.3 Å². The number of aromatic nitrogens is 2. The fourth-order valence-electron chi connectivity index (χ4n) is 3.98. The molecule has 0 aliphatic heterocycles. The summed E-state index contributed by atoms with van der Waals surface area (Å²) in [4.78, 5) is 30.6. The molecule has 1 aromatic heterocycles. The molecule has 2 N–H and O–H groups in total. The smallest absolute Gasteiger partial charge is 0.257 e. The first-order valence-corrected chi connectivity index (χ1v) is 12.9. The Labute approximate surface area is 227 Å². The highest BCUT2D eigenvalue weighted by molar-refractivity contribution is 5.93. The predicted molar refractivity (Wildman–Crippen MR) is 146 cm³/mol. The molecule has 0 aliphatic carbocycles. The number of hydroxylamine groups is 1. The van der Waals surface area contributed by atoms with Gasteiger partial charge in [-0.05, 0) is 61.7 Å². The molecule has 202 valence electrons. The first-order valence-electron chi connectivity index (χ1n) is 12.9. The number of carbonyl (C=O) groups is 2. The van der Waals surface area contributed by atoms with Crippen molar-refractivity contribution in [1.29, 1.82) is 0 Å². The lowest BCUT2D eigenvalue weighted by Gasteiger charge is -2.22. The predicted octanol–water partition coefficient (Wildman–Crippen LogP) is 5.61. The topological polar surface area (TPSA) is 118 Å². The van der Waals surface area contributed by atoms with E-state index in [9.17, 15) is 9.59 Å². The first kappa shape index (κ1) is 27.5. The molecule has 39 heavy (non-hydrogen) atoms. The third-order valence-corrected chi connectivity index (χ3v) is 6.18. The van der Waals surface area contributed by atoms with Crippen LogP contribution in [0.25, 0.3) is 11.5 Å². The molecule has 1 heterocycles. The first-order chi connectivity index (χ1) is 19.0. The molecule has 9 heteroatoms. The molecular weight excluding hydrogens is 496 g/mol. The molecule has 0 radical (unpaired) electrons. The Morgan fingerprint density at radius 1 is 0.923 bits per heavy atom. The van der Waals surface area contributed by atoms with Gasteiger partial charge in [0.2, 0.25) is 11.8 Å². The van der Waals surface area contributed by atoms with Crippen molar-refractivity contribution in [2.75, 3.05) is 4.90 Å². The third kappa shape index (κ3) is 8.24. The minimum atomic E-state index is -0.432. The van der Waals surface area contributed by atoms with E-state index in [1.165, 1.54) is 5.56 Å². The lowest BCUT2D eigenvalue weighted by atomic mass is 10.1. The second kappa shape index (κ2) is 13.9. The van der Waals surface area contributed by atoms with Gasteiger partial charge in [0.25, 0.3) is 5.89 Å². The Bertz CT molecular complexity index is 1340. The zero-order valence-electron chi connectivity index (χ0n) is 21.9. The third-order valence-electron chi connectivity index (χ3n) is 6.18. The zero-order valence-corrected chi connectivity index (χ0v) is 21.9. The number of benzene rings is 3. The summed E-state index contributed by atoms with van der Waals surface area (Å²) in [6, 6.07) is 25.0. The molecule has 4 aromatic rings. The monoisotopic (exact) mass is 528 g/mol. The van der Waals surface area contributed by atoms with Crippen LogP contribution < -0.4 is 15.1 Å². The van der Waals surface area contributed by atoms with Crippen molar-refractivity contribution < 1.29 is 24.1 Å². The van der Waals surface area contributed by atoms with Gasteiger partial charge in [0.15, 0.2) is 5.82 Å². The van der Waals surface area contributed by atoms with Gasteiger partial charge in [-0.15, -0.1) is 0 Å². The summed E-state index contributed by atoms with van der Waals surface area (Å²) in [5, 5.41) is 12.7. The van der Waals surface area contributed by atoms with Gasteiger partial charge in [0.1, 0.15) is 12.4 Å². The number of nitrogens with one attached hydrogen (secondary N) is 1. The molecule has 9 nitrogen and oxygen atoms in total. The molecule has 2 amide bonds. The molecule has 0 saturated carbocycles. The average molecular weight is 529 g/mol. The van der Waals surface area contributed by atoms with Gasteiger partial charge < -0.3 is 14.2 Å². The molecule has 0 atom stereocenters. The highest BCUT2D eigenvalue weighted by atomic mass is 16.5. The van der Waals surface area contributed by atoms with Crippen LogP contribution in [0.1, 0.15) is 49.1 Å². The summed E-state index contributed by atoms with van der Waals surface area (Å²) in [5.41, 5.74) is 5.38. The van der Waals surface area contributed by atoms with Crippen LogP contribution in [-0.4, -0.2) is 27.2 Å². The van der Waals surface area contributed by atoms with Gasteiger partial charge >= 0.3 is 0 Å². The standard InChI is InChI=1S/C30H32N4O5/c1-22-12-14-23(15-13-22)21-38-26-18-16-25(17-19-26)34(29(36)11-7-3-6-10-28(35)32-37)20-27-31-30(39-33-27)24-8-4-2-5-9-24/h2,4-5,8-9,12-19,37H,3,6-7,10-11,20-21H2,1H3,(H,32,35).